The average molecular weight is 351 g/mol. The topological polar surface area (TPSA) is 33.7 Å². The van der Waals surface area contributed by atoms with Gasteiger partial charge in [0.15, 0.2) is 0 Å². The van der Waals surface area contributed by atoms with Crippen LogP contribution in [0.4, 0.5) is 5.69 Å². The molecule has 132 valence electrons. The molecule has 3 fully saturated rings. The number of anilines is 1. The highest BCUT2D eigenvalue weighted by molar-refractivity contribution is 6.30. The fourth-order valence-electron chi connectivity index (χ4n) is 4.72. The zero-order valence-electron chi connectivity index (χ0n) is 14.3. The van der Waals surface area contributed by atoms with Crippen molar-refractivity contribution in [1.29, 1.82) is 0 Å². The molecular weight excluding hydrogens is 324 g/mol. The maximum Gasteiger partial charge on any atom is 0.0684 e. The molecule has 4 rings (SSSR count). The molecule has 0 radical (unpaired) electrons. The molecule has 5 heteroatoms. The van der Waals surface area contributed by atoms with Gasteiger partial charge in [-0.3, -0.25) is 0 Å². The SMILES string of the molecule is COC[C@@H]1[C@H](NC2CCN(c3cccc(Cl)c3)CC2)[C@@H]2CCO[C@H]12. The summed E-state index contributed by atoms with van der Waals surface area (Å²) in [6.45, 7) is 3.90. The van der Waals surface area contributed by atoms with Crippen LogP contribution < -0.4 is 10.2 Å². The van der Waals surface area contributed by atoms with Crippen LogP contribution in [0.3, 0.4) is 0 Å². The number of hydrogen-bond donors (Lipinski definition) is 1. The Balaban J connectivity index is 1.31. The molecule has 0 unspecified atom stereocenters. The van der Waals surface area contributed by atoms with E-state index in [1.54, 1.807) is 7.11 Å². The lowest BCUT2D eigenvalue weighted by molar-refractivity contribution is -0.0873. The minimum Gasteiger partial charge on any atom is -0.384 e. The molecule has 4 nitrogen and oxygen atoms in total. The zero-order chi connectivity index (χ0) is 16.5. The van der Waals surface area contributed by atoms with E-state index in [0.29, 0.717) is 30.0 Å². The van der Waals surface area contributed by atoms with Crippen molar-refractivity contribution in [3.05, 3.63) is 29.3 Å². The number of methoxy groups -OCH3 is 1. The van der Waals surface area contributed by atoms with Crippen LogP contribution in [0, 0.1) is 11.8 Å². The molecule has 4 atom stereocenters. The van der Waals surface area contributed by atoms with Crippen LogP contribution in [0.15, 0.2) is 24.3 Å². The fraction of sp³-hybridized carbons (Fsp3) is 0.684. The second-order valence-electron chi connectivity index (χ2n) is 7.34. The second kappa shape index (κ2) is 7.20. The van der Waals surface area contributed by atoms with Crippen LogP contribution in [0.1, 0.15) is 19.3 Å². The molecule has 0 aromatic heterocycles. The molecule has 0 bridgehead atoms. The first-order valence-corrected chi connectivity index (χ1v) is 9.51. The van der Waals surface area contributed by atoms with Gasteiger partial charge in [0.2, 0.25) is 0 Å². The van der Waals surface area contributed by atoms with E-state index >= 15 is 0 Å². The Morgan fingerprint density at radius 2 is 2.12 bits per heavy atom. The van der Waals surface area contributed by atoms with Crippen LogP contribution in [0.5, 0.6) is 0 Å². The number of nitrogens with one attached hydrogen (secondary N) is 1. The van der Waals surface area contributed by atoms with Crippen LogP contribution in [0.25, 0.3) is 0 Å². The number of ether oxygens (including phenoxy) is 2. The Morgan fingerprint density at radius 3 is 2.88 bits per heavy atom. The highest BCUT2D eigenvalue weighted by atomic mass is 35.5. The molecule has 0 spiro atoms. The van der Waals surface area contributed by atoms with E-state index in [1.165, 1.54) is 24.9 Å². The van der Waals surface area contributed by atoms with Crippen molar-refractivity contribution in [2.24, 2.45) is 11.8 Å². The van der Waals surface area contributed by atoms with Gasteiger partial charge in [0.1, 0.15) is 0 Å². The molecule has 0 amide bonds. The quantitative estimate of drug-likeness (QED) is 0.885. The van der Waals surface area contributed by atoms with E-state index in [1.807, 2.05) is 12.1 Å². The van der Waals surface area contributed by atoms with Crippen molar-refractivity contribution in [3.8, 4) is 0 Å². The van der Waals surface area contributed by atoms with Gasteiger partial charge in [-0.1, -0.05) is 17.7 Å². The monoisotopic (exact) mass is 350 g/mol. The molecule has 1 aliphatic carbocycles. The summed E-state index contributed by atoms with van der Waals surface area (Å²) in [5.74, 6) is 1.21. The summed E-state index contributed by atoms with van der Waals surface area (Å²) >= 11 is 6.12. The lowest BCUT2D eigenvalue weighted by Crippen LogP contribution is -2.64. The van der Waals surface area contributed by atoms with Gasteiger partial charge in [-0.25, -0.2) is 0 Å². The molecule has 3 aliphatic rings. The summed E-state index contributed by atoms with van der Waals surface area (Å²) in [7, 11) is 1.79. The lowest BCUT2D eigenvalue weighted by atomic mass is 9.66. The Kier molecular flexibility index (Phi) is 5.00. The first kappa shape index (κ1) is 16.6. The number of hydrogen-bond acceptors (Lipinski definition) is 4. The van der Waals surface area contributed by atoms with Crippen LogP contribution in [-0.2, 0) is 9.47 Å². The van der Waals surface area contributed by atoms with Crippen LogP contribution >= 0.6 is 11.6 Å². The molecule has 1 aromatic carbocycles. The van der Waals surface area contributed by atoms with E-state index in [4.69, 9.17) is 21.1 Å². The fourth-order valence-corrected chi connectivity index (χ4v) is 4.90. The van der Waals surface area contributed by atoms with Crippen molar-refractivity contribution in [3.63, 3.8) is 0 Å². The summed E-state index contributed by atoms with van der Waals surface area (Å²) in [5, 5.41) is 4.75. The molecular formula is C19H27ClN2O2. The van der Waals surface area contributed by atoms with Gasteiger partial charge < -0.3 is 19.7 Å². The lowest BCUT2D eigenvalue weighted by Gasteiger charge is -2.50. The van der Waals surface area contributed by atoms with Gasteiger partial charge in [-0.05, 0) is 37.5 Å². The van der Waals surface area contributed by atoms with Crippen LogP contribution in [0.2, 0.25) is 5.02 Å². The Labute approximate surface area is 149 Å². The number of benzene rings is 1. The Hall–Kier alpha value is -0.810. The number of halogens is 1. The average Bonchev–Trinajstić information content (AvgIpc) is 3.03. The first-order valence-electron chi connectivity index (χ1n) is 9.13. The summed E-state index contributed by atoms with van der Waals surface area (Å²) in [6.07, 6.45) is 3.99. The molecule has 1 N–H and O–H groups in total. The van der Waals surface area contributed by atoms with Gasteiger partial charge >= 0.3 is 0 Å². The minimum atomic E-state index is 0.425. The van der Waals surface area contributed by atoms with E-state index in [-0.39, 0.29) is 0 Å². The largest absolute Gasteiger partial charge is 0.384 e. The van der Waals surface area contributed by atoms with E-state index in [2.05, 4.69) is 22.3 Å². The highest BCUT2D eigenvalue weighted by Crippen LogP contribution is 2.44. The first-order chi connectivity index (χ1) is 11.8. The standard InChI is InChI=1S/C19H27ClN2O2/c1-23-12-17-18(16-7-10-24-19(16)17)21-14-5-8-22(9-6-14)15-4-2-3-13(20)11-15/h2-4,11,14,16-19,21H,5-10,12H2,1H3/t16-,17+,18+,19-/m0/s1. The molecule has 2 aliphatic heterocycles. The minimum absolute atomic E-state index is 0.425. The van der Waals surface area contributed by atoms with Gasteiger partial charge in [0.25, 0.3) is 0 Å². The van der Waals surface area contributed by atoms with E-state index < -0.39 is 0 Å². The number of rotatable bonds is 5. The van der Waals surface area contributed by atoms with Gasteiger partial charge in [0, 0.05) is 61.4 Å². The van der Waals surface area contributed by atoms with Gasteiger partial charge in [-0.15, -0.1) is 0 Å². The van der Waals surface area contributed by atoms with Gasteiger partial charge in [-0.2, -0.15) is 0 Å². The van der Waals surface area contributed by atoms with Gasteiger partial charge in [0.05, 0.1) is 12.7 Å². The number of piperidine rings is 1. The van der Waals surface area contributed by atoms with Crippen molar-refractivity contribution >= 4 is 17.3 Å². The van der Waals surface area contributed by atoms with Crippen molar-refractivity contribution in [2.75, 3.05) is 38.3 Å². The zero-order valence-corrected chi connectivity index (χ0v) is 15.0. The number of fused-ring (bicyclic) bond motifs is 1. The highest BCUT2D eigenvalue weighted by Gasteiger charge is 2.53. The summed E-state index contributed by atoms with van der Waals surface area (Å²) in [6, 6.07) is 9.36. The predicted octanol–water partition coefficient (Wildman–Crippen LogP) is 2.95. The molecule has 1 aromatic rings. The normalized spacial score (nSPS) is 33.3. The molecule has 1 saturated carbocycles. The third kappa shape index (κ3) is 3.17. The third-order valence-electron chi connectivity index (χ3n) is 5.98. The maximum atomic E-state index is 6.12. The Morgan fingerprint density at radius 1 is 1.29 bits per heavy atom. The van der Waals surface area contributed by atoms with Crippen molar-refractivity contribution in [1.82, 2.24) is 5.32 Å². The summed E-state index contributed by atoms with van der Waals surface area (Å²) in [5.41, 5.74) is 1.24. The predicted molar refractivity (Wildman–Crippen MR) is 96.8 cm³/mol. The number of nitrogens with zero attached hydrogens (tertiary/aromatic N) is 1. The molecule has 2 heterocycles. The summed E-state index contributed by atoms with van der Waals surface area (Å²) < 4.78 is 11.3. The second-order valence-corrected chi connectivity index (χ2v) is 7.78. The Bertz CT molecular complexity index is 562. The van der Waals surface area contributed by atoms with E-state index in [0.717, 1.165) is 31.3 Å². The third-order valence-corrected chi connectivity index (χ3v) is 6.22. The summed E-state index contributed by atoms with van der Waals surface area (Å²) in [4.78, 5) is 2.44. The van der Waals surface area contributed by atoms with E-state index in [9.17, 15) is 0 Å². The van der Waals surface area contributed by atoms with Crippen molar-refractivity contribution in [2.45, 2.75) is 37.5 Å². The van der Waals surface area contributed by atoms with Crippen molar-refractivity contribution < 1.29 is 9.47 Å². The molecule has 2 saturated heterocycles. The maximum absolute atomic E-state index is 6.12. The molecule has 24 heavy (non-hydrogen) atoms. The van der Waals surface area contributed by atoms with Crippen LogP contribution in [-0.4, -0.2) is 51.6 Å². The smallest absolute Gasteiger partial charge is 0.0684 e.